The molecule has 1 heterocycles. The van der Waals surface area contributed by atoms with Crippen molar-refractivity contribution < 1.29 is 18.3 Å². The number of fused-ring (bicyclic) bond motifs is 1. The molecule has 1 aliphatic rings. The topological polar surface area (TPSA) is 77.9 Å². The normalized spacial score (nSPS) is 17.8. The first-order valence-corrected chi connectivity index (χ1v) is 7.76. The molecule has 0 saturated heterocycles. The Hall–Kier alpha value is -1.44. The molecule has 0 aliphatic carbocycles. The van der Waals surface area contributed by atoms with Gasteiger partial charge in [-0.1, -0.05) is 24.3 Å². The van der Waals surface area contributed by atoms with Crippen LogP contribution in [-0.4, -0.2) is 47.7 Å². The van der Waals surface area contributed by atoms with Gasteiger partial charge in [-0.3, -0.25) is 4.79 Å². The van der Waals surface area contributed by atoms with Gasteiger partial charge in [-0.2, -0.15) is 17.0 Å². The molecule has 20 heavy (non-hydrogen) atoms. The van der Waals surface area contributed by atoms with Gasteiger partial charge in [0.05, 0.1) is 0 Å². The van der Waals surface area contributed by atoms with Gasteiger partial charge in [0.1, 0.15) is 6.04 Å². The van der Waals surface area contributed by atoms with Crippen molar-refractivity contribution >= 4 is 16.2 Å². The minimum atomic E-state index is -3.76. The fraction of sp³-hybridized carbons (Fsp3) is 0.462. The molecule has 0 bridgehead atoms. The lowest BCUT2D eigenvalue weighted by molar-refractivity contribution is -0.140. The van der Waals surface area contributed by atoms with Crippen LogP contribution in [0.5, 0.6) is 0 Å². The van der Waals surface area contributed by atoms with Crippen LogP contribution < -0.4 is 0 Å². The molecule has 1 unspecified atom stereocenters. The average Bonchev–Trinajstić information content (AvgIpc) is 2.44. The van der Waals surface area contributed by atoms with E-state index in [2.05, 4.69) is 0 Å². The van der Waals surface area contributed by atoms with Crippen molar-refractivity contribution in [2.75, 3.05) is 13.6 Å². The van der Waals surface area contributed by atoms with E-state index in [-0.39, 0.29) is 6.54 Å². The summed E-state index contributed by atoms with van der Waals surface area (Å²) in [7, 11) is -2.46. The predicted octanol–water partition coefficient (Wildman–Crippen LogP) is 0.694. The van der Waals surface area contributed by atoms with Crippen molar-refractivity contribution in [2.24, 2.45) is 0 Å². The summed E-state index contributed by atoms with van der Waals surface area (Å²) in [5.74, 6) is -1.16. The molecule has 0 saturated carbocycles. The number of carbonyl (C=O) groups is 1. The first kappa shape index (κ1) is 15.0. The highest BCUT2D eigenvalue weighted by atomic mass is 32.2. The zero-order chi connectivity index (χ0) is 14.9. The van der Waals surface area contributed by atoms with Crippen LogP contribution in [0.3, 0.4) is 0 Å². The fourth-order valence-corrected chi connectivity index (χ4v) is 3.68. The number of carboxylic acid groups (broad SMARTS) is 1. The molecule has 0 fully saturated rings. The lowest BCUT2D eigenvalue weighted by Gasteiger charge is -2.32. The van der Waals surface area contributed by atoms with Crippen molar-refractivity contribution in [3.63, 3.8) is 0 Å². The largest absolute Gasteiger partial charge is 0.480 e. The lowest BCUT2D eigenvalue weighted by atomic mass is 10.0. The standard InChI is InChI=1S/C13H18N2O4S/c1-10(13(16)17)14(2)20(18,19)15-8-7-11-5-3-4-6-12(11)9-15/h3-6,10H,7-9H2,1-2H3,(H,16,17). The van der Waals surface area contributed by atoms with Gasteiger partial charge in [0.2, 0.25) is 0 Å². The highest BCUT2D eigenvalue weighted by molar-refractivity contribution is 7.86. The molecule has 7 heteroatoms. The van der Waals surface area contributed by atoms with Gasteiger partial charge in [-0.25, -0.2) is 0 Å². The Morgan fingerprint density at radius 1 is 1.35 bits per heavy atom. The second kappa shape index (κ2) is 5.51. The van der Waals surface area contributed by atoms with Gasteiger partial charge in [0, 0.05) is 20.1 Å². The van der Waals surface area contributed by atoms with E-state index >= 15 is 0 Å². The maximum atomic E-state index is 12.4. The minimum Gasteiger partial charge on any atom is -0.480 e. The van der Waals surface area contributed by atoms with E-state index < -0.39 is 22.2 Å². The second-order valence-corrected chi connectivity index (χ2v) is 6.88. The van der Waals surface area contributed by atoms with Crippen LogP contribution in [0.2, 0.25) is 0 Å². The van der Waals surface area contributed by atoms with Crippen molar-refractivity contribution in [2.45, 2.75) is 25.9 Å². The highest BCUT2D eigenvalue weighted by Crippen LogP contribution is 2.22. The quantitative estimate of drug-likeness (QED) is 0.887. The number of carboxylic acids is 1. The summed E-state index contributed by atoms with van der Waals surface area (Å²) in [5.41, 5.74) is 2.12. The van der Waals surface area contributed by atoms with Crippen LogP contribution in [-0.2, 0) is 28.0 Å². The third-order valence-electron chi connectivity index (χ3n) is 3.69. The number of nitrogens with zero attached hydrogens (tertiary/aromatic N) is 2. The smallest absolute Gasteiger partial charge is 0.321 e. The van der Waals surface area contributed by atoms with E-state index in [1.54, 1.807) is 0 Å². The first-order chi connectivity index (χ1) is 9.34. The average molecular weight is 298 g/mol. The van der Waals surface area contributed by atoms with Gasteiger partial charge < -0.3 is 5.11 Å². The Labute approximate surface area is 118 Å². The maximum Gasteiger partial charge on any atom is 0.321 e. The molecule has 0 amide bonds. The minimum absolute atomic E-state index is 0.287. The number of likely N-dealkylation sites (N-methyl/N-ethyl adjacent to an activating group) is 1. The summed E-state index contributed by atoms with van der Waals surface area (Å²) in [4.78, 5) is 10.9. The third kappa shape index (κ3) is 2.70. The number of benzene rings is 1. The Kier molecular flexibility index (Phi) is 4.12. The molecule has 2 rings (SSSR count). The van der Waals surface area contributed by atoms with E-state index in [1.807, 2.05) is 24.3 Å². The Morgan fingerprint density at radius 2 is 1.95 bits per heavy atom. The lowest BCUT2D eigenvalue weighted by Crippen LogP contribution is -2.49. The Balaban J connectivity index is 2.22. The summed E-state index contributed by atoms with van der Waals surface area (Å²) in [6.07, 6.45) is 0.644. The van der Waals surface area contributed by atoms with Gasteiger partial charge in [-0.05, 0) is 24.5 Å². The SMILES string of the molecule is CC(C(=O)O)N(C)S(=O)(=O)N1CCc2ccccc2C1. The summed E-state index contributed by atoms with van der Waals surface area (Å²) >= 11 is 0. The van der Waals surface area contributed by atoms with Crippen LogP contribution in [0.1, 0.15) is 18.1 Å². The van der Waals surface area contributed by atoms with Gasteiger partial charge >= 0.3 is 5.97 Å². The fourth-order valence-electron chi connectivity index (χ4n) is 2.20. The molecule has 6 nitrogen and oxygen atoms in total. The zero-order valence-corrected chi connectivity index (χ0v) is 12.3. The second-order valence-electron chi connectivity index (χ2n) is 4.89. The molecule has 1 aromatic carbocycles. The van der Waals surface area contributed by atoms with E-state index in [9.17, 15) is 13.2 Å². The summed E-state index contributed by atoms with van der Waals surface area (Å²) < 4.78 is 27.1. The number of aliphatic carboxylic acids is 1. The van der Waals surface area contributed by atoms with Crippen LogP contribution in [0, 0.1) is 0 Å². The van der Waals surface area contributed by atoms with Gasteiger partial charge in [0.15, 0.2) is 0 Å². The monoisotopic (exact) mass is 298 g/mol. The molecule has 1 aromatic rings. The molecule has 0 radical (unpaired) electrons. The molecular weight excluding hydrogens is 280 g/mol. The first-order valence-electron chi connectivity index (χ1n) is 6.36. The summed E-state index contributed by atoms with van der Waals surface area (Å²) in [6.45, 7) is 2.02. The summed E-state index contributed by atoms with van der Waals surface area (Å²) in [6, 6.07) is 6.61. The van der Waals surface area contributed by atoms with Crippen LogP contribution in [0.15, 0.2) is 24.3 Å². The van der Waals surface area contributed by atoms with E-state index in [4.69, 9.17) is 5.11 Å². The van der Waals surface area contributed by atoms with Crippen LogP contribution in [0.25, 0.3) is 0 Å². The van der Waals surface area contributed by atoms with Crippen molar-refractivity contribution in [1.29, 1.82) is 0 Å². The predicted molar refractivity (Wildman–Crippen MR) is 74.3 cm³/mol. The Bertz CT molecular complexity index is 615. The van der Waals surface area contributed by atoms with Crippen LogP contribution >= 0.6 is 0 Å². The maximum absolute atomic E-state index is 12.4. The number of hydrogen-bond acceptors (Lipinski definition) is 3. The number of rotatable bonds is 4. The molecule has 1 aliphatic heterocycles. The Morgan fingerprint density at radius 3 is 2.55 bits per heavy atom. The molecule has 1 N–H and O–H groups in total. The zero-order valence-electron chi connectivity index (χ0n) is 11.5. The van der Waals surface area contributed by atoms with Gasteiger partial charge in [0.25, 0.3) is 10.2 Å². The molecule has 1 atom stereocenters. The third-order valence-corrected chi connectivity index (χ3v) is 5.70. The highest BCUT2D eigenvalue weighted by Gasteiger charge is 2.34. The van der Waals surface area contributed by atoms with Crippen LogP contribution in [0.4, 0.5) is 0 Å². The molecule has 0 spiro atoms. The van der Waals surface area contributed by atoms with Crippen molar-refractivity contribution in [1.82, 2.24) is 8.61 Å². The van der Waals surface area contributed by atoms with E-state index in [0.717, 1.165) is 15.4 Å². The number of hydrogen-bond donors (Lipinski definition) is 1. The molecular formula is C13H18N2O4S. The molecule has 0 aromatic heterocycles. The van der Waals surface area contributed by atoms with Crippen molar-refractivity contribution in [3.8, 4) is 0 Å². The van der Waals surface area contributed by atoms with E-state index in [1.165, 1.54) is 18.3 Å². The van der Waals surface area contributed by atoms with E-state index in [0.29, 0.717) is 13.0 Å². The molecule has 110 valence electrons. The van der Waals surface area contributed by atoms with Gasteiger partial charge in [-0.15, -0.1) is 0 Å². The summed E-state index contributed by atoms with van der Waals surface area (Å²) in [5, 5.41) is 8.95. The van der Waals surface area contributed by atoms with Crippen molar-refractivity contribution in [3.05, 3.63) is 35.4 Å².